The van der Waals surface area contributed by atoms with Crippen molar-refractivity contribution in [2.75, 3.05) is 10.8 Å². The summed E-state index contributed by atoms with van der Waals surface area (Å²) in [6, 6.07) is 17.2. The number of hydrogen-bond donors (Lipinski definition) is 4. The molecule has 0 atom stereocenters. The number of halogens is 4. The Labute approximate surface area is 279 Å². The van der Waals surface area contributed by atoms with E-state index in [9.17, 15) is 24.6 Å². The molecule has 0 bridgehead atoms. The molecule has 4 rings (SSSR count). The molecule has 45 heavy (non-hydrogen) atoms. The lowest BCUT2D eigenvalue weighted by Gasteiger charge is -2.16. The van der Waals surface area contributed by atoms with Crippen LogP contribution in [0.15, 0.2) is 60.7 Å². The van der Waals surface area contributed by atoms with Crippen LogP contribution in [0.25, 0.3) is 0 Å². The van der Waals surface area contributed by atoms with Gasteiger partial charge in [-0.2, -0.15) is 0 Å². The number of carboxylic acid groups (broad SMARTS) is 2. The molecule has 0 aliphatic rings. The third-order valence-corrected chi connectivity index (χ3v) is 8.42. The number of anilines is 2. The Balaban J connectivity index is 1.48. The van der Waals surface area contributed by atoms with Gasteiger partial charge in [-0.05, 0) is 77.9 Å². The third kappa shape index (κ3) is 7.90. The molecule has 0 aliphatic heterocycles. The fraction of sp³-hybridized carbons (Fsp3) is 0.182. The van der Waals surface area contributed by atoms with E-state index in [1.807, 2.05) is 38.1 Å². The largest absolute Gasteiger partial charge is 0.478 e. The average Bonchev–Trinajstić information content (AvgIpc) is 3.00. The van der Waals surface area contributed by atoms with Gasteiger partial charge in [0.15, 0.2) is 0 Å². The van der Waals surface area contributed by atoms with Crippen LogP contribution in [0.4, 0.5) is 11.4 Å². The monoisotopic (exact) mass is 688 g/mol. The maximum Gasteiger partial charge on any atom is 0.338 e. The lowest BCUT2D eigenvalue weighted by molar-refractivity contribution is 0.0682. The second-order valence-corrected chi connectivity index (χ2v) is 11.6. The number of rotatable bonds is 12. The summed E-state index contributed by atoms with van der Waals surface area (Å²) in [7, 11) is 0. The molecular formula is C33H28Cl4N2O6. The predicted octanol–water partition coefficient (Wildman–Crippen LogP) is 9.21. The minimum Gasteiger partial charge on any atom is -0.478 e. The first-order valence-corrected chi connectivity index (χ1v) is 15.3. The summed E-state index contributed by atoms with van der Waals surface area (Å²) in [5, 5.41) is 22.1. The van der Waals surface area contributed by atoms with Crippen molar-refractivity contribution in [1.29, 1.82) is 0 Å². The highest BCUT2D eigenvalue weighted by atomic mass is 35.5. The molecule has 0 fully saturated rings. The smallest absolute Gasteiger partial charge is 0.338 e. The minimum absolute atomic E-state index is 0.0164. The van der Waals surface area contributed by atoms with Crippen molar-refractivity contribution in [1.82, 2.24) is 0 Å². The van der Waals surface area contributed by atoms with Gasteiger partial charge in [-0.3, -0.25) is 15.1 Å². The van der Waals surface area contributed by atoms with Gasteiger partial charge < -0.3 is 15.5 Å². The summed E-state index contributed by atoms with van der Waals surface area (Å²) in [4.78, 5) is 42.2. The van der Waals surface area contributed by atoms with Crippen LogP contribution in [-0.4, -0.2) is 28.1 Å². The van der Waals surface area contributed by atoms with Crippen LogP contribution in [-0.2, 0) is 30.7 Å². The average molecular weight is 690 g/mol. The first kappa shape index (κ1) is 34.1. The number of aromatic carboxylic acids is 2. The van der Waals surface area contributed by atoms with E-state index >= 15 is 0 Å². The molecule has 4 aromatic rings. The van der Waals surface area contributed by atoms with Crippen molar-refractivity contribution in [3.05, 3.63) is 125 Å². The Kier molecular flexibility index (Phi) is 11.4. The van der Waals surface area contributed by atoms with E-state index in [0.717, 1.165) is 27.9 Å². The number of benzene rings is 4. The van der Waals surface area contributed by atoms with Crippen LogP contribution in [0.1, 0.15) is 72.7 Å². The van der Waals surface area contributed by atoms with Gasteiger partial charge >= 0.3 is 11.9 Å². The lowest BCUT2D eigenvalue weighted by Crippen LogP contribution is -2.18. The molecule has 1 amide bonds. The number of hydrogen-bond acceptors (Lipinski definition) is 5. The predicted molar refractivity (Wildman–Crippen MR) is 178 cm³/mol. The summed E-state index contributed by atoms with van der Waals surface area (Å²) in [6.07, 6.45) is 1.92. The van der Waals surface area contributed by atoms with Gasteiger partial charge in [-0.15, -0.1) is 0 Å². The fourth-order valence-corrected chi connectivity index (χ4v) is 5.83. The van der Waals surface area contributed by atoms with E-state index in [1.165, 1.54) is 24.3 Å². The molecule has 0 unspecified atom stereocenters. The number of aryl methyl sites for hydroxylation is 2. The van der Waals surface area contributed by atoms with Crippen molar-refractivity contribution < 1.29 is 29.4 Å². The highest BCUT2D eigenvalue weighted by Crippen LogP contribution is 2.31. The highest BCUT2D eigenvalue weighted by Gasteiger charge is 2.24. The van der Waals surface area contributed by atoms with Crippen LogP contribution in [0.2, 0.25) is 20.1 Å². The van der Waals surface area contributed by atoms with Crippen molar-refractivity contribution in [2.24, 2.45) is 0 Å². The number of carbonyl (C=O) groups excluding carboxylic acids is 1. The maximum absolute atomic E-state index is 13.1. The highest BCUT2D eigenvalue weighted by molar-refractivity contribution is 6.39. The van der Waals surface area contributed by atoms with E-state index in [0.29, 0.717) is 24.9 Å². The summed E-state index contributed by atoms with van der Waals surface area (Å²) >= 11 is 24.5. The van der Waals surface area contributed by atoms with Crippen LogP contribution < -0.4 is 10.8 Å². The third-order valence-electron chi connectivity index (χ3n) is 7.12. The van der Waals surface area contributed by atoms with Gasteiger partial charge in [-0.1, -0.05) is 84.5 Å². The van der Waals surface area contributed by atoms with Gasteiger partial charge in [0.1, 0.15) is 6.61 Å². The Morgan fingerprint density at radius 2 is 1.16 bits per heavy atom. The van der Waals surface area contributed by atoms with E-state index in [2.05, 4.69) is 16.9 Å². The quantitative estimate of drug-likeness (QED) is 0.109. The zero-order valence-electron chi connectivity index (χ0n) is 24.1. The fourth-order valence-electron chi connectivity index (χ4n) is 4.88. The SMILES string of the molecule is CCc1cc(Cc2ccc(NC(=O)c3c(Cl)ccc(Cl)c3C(=O)O)c(CC)c2)ccc1NOCc1c(Cl)ccc(Cl)c1C(=O)O. The summed E-state index contributed by atoms with van der Waals surface area (Å²) in [5.41, 5.74) is 7.66. The zero-order chi connectivity index (χ0) is 32.8. The number of nitrogens with one attached hydrogen (secondary N) is 2. The Morgan fingerprint density at radius 1 is 0.667 bits per heavy atom. The van der Waals surface area contributed by atoms with Crippen molar-refractivity contribution in [3.8, 4) is 0 Å². The van der Waals surface area contributed by atoms with Crippen LogP contribution in [0.5, 0.6) is 0 Å². The summed E-state index contributed by atoms with van der Waals surface area (Å²) in [6.45, 7) is 3.85. The van der Waals surface area contributed by atoms with E-state index in [1.54, 1.807) is 6.07 Å². The zero-order valence-corrected chi connectivity index (χ0v) is 27.2. The van der Waals surface area contributed by atoms with Crippen LogP contribution in [0.3, 0.4) is 0 Å². The number of amides is 1. The Hall–Kier alpha value is -3.79. The Morgan fingerprint density at radius 3 is 1.71 bits per heavy atom. The van der Waals surface area contributed by atoms with E-state index < -0.39 is 17.8 Å². The Bertz CT molecular complexity index is 1790. The molecule has 12 heteroatoms. The van der Waals surface area contributed by atoms with Crippen LogP contribution >= 0.6 is 46.4 Å². The normalized spacial score (nSPS) is 10.9. The molecule has 4 aromatic carbocycles. The molecule has 0 radical (unpaired) electrons. The molecule has 0 saturated heterocycles. The molecule has 0 spiro atoms. The molecule has 0 aromatic heterocycles. The van der Waals surface area contributed by atoms with E-state index in [4.69, 9.17) is 51.2 Å². The lowest BCUT2D eigenvalue weighted by atomic mass is 9.98. The van der Waals surface area contributed by atoms with Crippen molar-refractivity contribution in [3.63, 3.8) is 0 Å². The first-order chi connectivity index (χ1) is 21.4. The van der Waals surface area contributed by atoms with Crippen LogP contribution in [0, 0.1) is 0 Å². The molecule has 0 heterocycles. The topological polar surface area (TPSA) is 125 Å². The van der Waals surface area contributed by atoms with Gasteiger partial charge in [-0.25, -0.2) is 9.59 Å². The second-order valence-electron chi connectivity index (χ2n) is 9.98. The summed E-state index contributed by atoms with van der Waals surface area (Å²) < 4.78 is 0. The summed E-state index contributed by atoms with van der Waals surface area (Å²) in [5.74, 6) is -3.22. The van der Waals surface area contributed by atoms with Gasteiger partial charge in [0, 0.05) is 16.3 Å². The number of carbonyl (C=O) groups is 3. The standard InChI is InChI=1S/C33H28Cl4N2O6/c1-3-19-14-17(5-11-26(19)38-31(40)29-24(36)9-10-25(37)30(29)33(43)44)13-18-6-12-27(20(4-2)15-18)39-45-16-21-22(34)7-8-23(35)28(21)32(41)42/h5-12,14-15,39H,3-4,13,16H2,1-2H3,(H,38,40)(H,41,42)(H,43,44). The molecular weight excluding hydrogens is 662 g/mol. The number of carboxylic acids is 2. The van der Waals surface area contributed by atoms with Gasteiger partial charge in [0.05, 0.1) is 37.4 Å². The van der Waals surface area contributed by atoms with Gasteiger partial charge in [0.2, 0.25) is 0 Å². The second kappa shape index (κ2) is 15.0. The van der Waals surface area contributed by atoms with Gasteiger partial charge in [0.25, 0.3) is 5.91 Å². The van der Waals surface area contributed by atoms with Crippen molar-refractivity contribution >= 4 is 75.6 Å². The molecule has 8 nitrogen and oxygen atoms in total. The first-order valence-electron chi connectivity index (χ1n) is 13.8. The molecule has 0 saturated carbocycles. The molecule has 234 valence electrons. The molecule has 0 aliphatic carbocycles. The minimum atomic E-state index is -1.35. The van der Waals surface area contributed by atoms with Crippen molar-refractivity contribution in [2.45, 2.75) is 39.7 Å². The maximum atomic E-state index is 13.1. The molecule has 4 N–H and O–H groups in total. The van der Waals surface area contributed by atoms with E-state index in [-0.39, 0.29) is 49.0 Å².